The van der Waals surface area contributed by atoms with E-state index in [1.165, 1.54) is 0 Å². The van der Waals surface area contributed by atoms with Crippen molar-refractivity contribution in [2.24, 2.45) is 4.99 Å². The van der Waals surface area contributed by atoms with Gasteiger partial charge in [0.15, 0.2) is 5.96 Å². The fourth-order valence-corrected chi connectivity index (χ4v) is 3.09. The maximum Gasteiger partial charge on any atom is 0.410 e. The average Bonchev–Trinajstić information content (AvgIpc) is 3.12. The number of carbonyl (C=O) groups is 1. The molecule has 0 aromatic rings. The number of likely N-dealkylation sites (N-methyl/N-ethyl adjacent to an activating group) is 1. The van der Waals surface area contributed by atoms with Gasteiger partial charge in [0, 0.05) is 46.9 Å². The summed E-state index contributed by atoms with van der Waals surface area (Å²) in [4.78, 5) is 20.1. The van der Waals surface area contributed by atoms with Crippen molar-refractivity contribution < 1.29 is 19.0 Å². The Morgan fingerprint density at radius 2 is 2.04 bits per heavy atom. The Labute approximate surface area is 156 Å². The predicted molar refractivity (Wildman–Crippen MR) is 101 cm³/mol. The van der Waals surface area contributed by atoms with Gasteiger partial charge in [-0.1, -0.05) is 0 Å². The molecule has 8 heteroatoms. The van der Waals surface area contributed by atoms with Crippen LogP contribution >= 0.6 is 0 Å². The molecule has 0 aromatic carbocycles. The molecule has 0 radical (unpaired) electrons. The molecule has 26 heavy (non-hydrogen) atoms. The van der Waals surface area contributed by atoms with Gasteiger partial charge in [-0.25, -0.2) is 4.79 Å². The molecule has 0 spiro atoms. The Bertz CT molecular complexity index is 486. The highest BCUT2D eigenvalue weighted by atomic mass is 16.6. The average molecular weight is 370 g/mol. The molecule has 0 aromatic heterocycles. The first-order chi connectivity index (χ1) is 12.3. The van der Waals surface area contributed by atoms with Crippen LogP contribution in [0.4, 0.5) is 4.79 Å². The van der Waals surface area contributed by atoms with Gasteiger partial charge in [-0.05, 0) is 33.6 Å². The zero-order chi connectivity index (χ0) is 19.2. The molecule has 8 nitrogen and oxygen atoms in total. The Kier molecular flexibility index (Phi) is 7.52. The standard InChI is InChI=1S/C18H34N4O4/c1-18(2,3)26-17(23)21(5)9-8-20-16(19-4)22-10-12-25-15(13-22)14-7-6-11-24-14/h14-15H,6-13H2,1-5H3,(H,19,20). The predicted octanol–water partition coefficient (Wildman–Crippen LogP) is 1.31. The Morgan fingerprint density at radius 3 is 2.65 bits per heavy atom. The van der Waals surface area contributed by atoms with Gasteiger partial charge >= 0.3 is 6.09 Å². The monoisotopic (exact) mass is 370 g/mol. The van der Waals surface area contributed by atoms with Crippen molar-refractivity contribution in [1.29, 1.82) is 0 Å². The van der Waals surface area contributed by atoms with Crippen LogP contribution in [0.3, 0.4) is 0 Å². The second kappa shape index (κ2) is 9.41. The van der Waals surface area contributed by atoms with Gasteiger partial charge in [-0.3, -0.25) is 4.99 Å². The maximum absolute atomic E-state index is 12.0. The van der Waals surface area contributed by atoms with Crippen molar-refractivity contribution in [3.8, 4) is 0 Å². The first-order valence-electron chi connectivity index (χ1n) is 9.43. The zero-order valence-electron chi connectivity index (χ0n) is 16.8. The lowest BCUT2D eigenvalue weighted by Crippen LogP contribution is -2.54. The number of morpholine rings is 1. The van der Waals surface area contributed by atoms with E-state index in [0.29, 0.717) is 19.7 Å². The highest BCUT2D eigenvalue weighted by molar-refractivity contribution is 5.80. The van der Waals surface area contributed by atoms with Crippen LogP contribution in [-0.4, -0.2) is 93.1 Å². The van der Waals surface area contributed by atoms with Crippen molar-refractivity contribution >= 4 is 12.1 Å². The number of ether oxygens (including phenoxy) is 3. The number of hydrogen-bond acceptors (Lipinski definition) is 5. The Hall–Kier alpha value is -1.54. The summed E-state index contributed by atoms with van der Waals surface area (Å²) in [6, 6.07) is 0. The summed E-state index contributed by atoms with van der Waals surface area (Å²) in [5.74, 6) is 0.828. The molecule has 0 aliphatic carbocycles. The molecule has 2 rings (SSSR count). The summed E-state index contributed by atoms with van der Waals surface area (Å²) < 4.78 is 17.0. The van der Waals surface area contributed by atoms with Crippen molar-refractivity contribution in [1.82, 2.24) is 15.1 Å². The number of aliphatic imine (C=N–C) groups is 1. The zero-order valence-corrected chi connectivity index (χ0v) is 16.8. The van der Waals surface area contributed by atoms with E-state index in [9.17, 15) is 4.79 Å². The number of amides is 1. The highest BCUT2D eigenvalue weighted by Crippen LogP contribution is 2.21. The first-order valence-corrected chi connectivity index (χ1v) is 9.43. The fourth-order valence-electron chi connectivity index (χ4n) is 3.09. The van der Waals surface area contributed by atoms with Crippen molar-refractivity contribution in [2.45, 2.75) is 51.4 Å². The second-order valence-electron chi connectivity index (χ2n) is 7.78. The van der Waals surface area contributed by atoms with Crippen molar-refractivity contribution in [2.75, 3.05) is 53.5 Å². The second-order valence-corrected chi connectivity index (χ2v) is 7.78. The third-order valence-electron chi connectivity index (χ3n) is 4.42. The molecule has 150 valence electrons. The van der Waals surface area contributed by atoms with Crippen LogP contribution in [0, 0.1) is 0 Å². The van der Waals surface area contributed by atoms with Gasteiger partial charge in [0.1, 0.15) is 11.7 Å². The number of rotatable bonds is 4. The molecule has 0 bridgehead atoms. The van der Waals surface area contributed by atoms with Crippen LogP contribution in [0.25, 0.3) is 0 Å². The smallest absolute Gasteiger partial charge is 0.410 e. The topological polar surface area (TPSA) is 75.6 Å². The minimum atomic E-state index is -0.486. The molecule has 2 saturated heterocycles. The highest BCUT2D eigenvalue weighted by Gasteiger charge is 2.32. The number of hydrogen-bond donors (Lipinski definition) is 1. The van der Waals surface area contributed by atoms with Crippen LogP contribution in [0.5, 0.6) is 0 Å². The van der Waals surface area contributed by atoms with Crippen molar-refractivity contribution in [3.63, 3.8) is 0 Å². The van der Waals surface area contributed by atoms with Crippen LogP contribution < -0.4 is 5.32 Å². The van der Waals surface area contributed by atoms with E-state index in [2.05, 4.69) is 15.2 Å². The molecule has 2 aliphatic heterocycles. The van der Waals surface area contributed by atoms with Crippen LogP contribution in [0.2, 0.25) is 0 Å². The Balaban J connectivity index is 1.77. The third kappa shape index (κ3) is 6.32. The third-order valence-corrected chi connectivity index (χ3v) is 4.42. The van der Waals surface area contributed by atoms with E-state index in [0.717, 1.165) is 38.5 Å². The summed E-state index contributed by atoms with van der Waals surface area (Å²) in [6.45, 7) is 9.79. The number of carbonyl (C=O) groups excluding carboxylic acids is 1. The number of guanidine groups is 1. The lowest BCUT2D eigenvalue weighted by atomic mass is 10.1. The van der Waals surface area contributed by atoms with Gasteiger partial charge in [0.05, 0.1) is 12.7 Å². The molecule has 2 heterocycles. The van der Waals surface area contributed by atoms with Gasteiger partial charge in [-0.2, -0.15) is 0 Å². The van der Waals surface area contributed by atoms with E-state index < -0.39 is 5.60 Å². The summed E-state index contributed by atoms with van der Waals surface area (Å²) in [7, 11) is 3.51. The molecule has 2 aliphatic rings. The lowest BCUT2D eigenvalue weighted by Gasteiger charge is -2.37. The minimum absolute atomic E-state index is 0.0919. The largest absolute Gasteiger partial charge is 0.444 e. The number of nitrogens with one attached hydrogen (secondary N) is 1. The van der Waals surface area contributed by atoms with Crippen LogP contribution in [-0.2, 0) is 14.2 Å². The molecular weight excluding hydrogens is 336 g/mol. The van der Waals surface area contributed by atoms with Gasteiger partial charge in [-0.15, -0.1) is 0 Å². The number of nitrogens with zero attached hydrogens (tertiary/aromatic N) is 3. The summed E-state index contributed by atoms with van der Waals surface area (Å²) in [5.41, 5.74) is -0.486. The normalized spacial score (nSPS) is 24.5. The molecule has 1 amide bonds. The quantitative estimate of drug-likeness (QED) is 0.594. The van der Waals surface area contributed by atoms with E-state index in [-0.39, 0.29) is 18.3 Å². The SMILES string of the molecule is CN=C(NCCN(C)C(=O)OC(C)(C)C)N1CCOC(C2CCCO2)C1. The van der Waals surface area contributed by atoms with E-state index in [1.807, 2.05) is 20.8 Å². The minimum Gasteiger partial charge on any atom is -0.444 e. The van der Waals surface area contributed by atoms with Crippen LogP contribution in [0.1, 0.15) is 33.6 Å². The first kappa shape index (κ1) is 20.8. The summed E-state index contributed by atoms with van der Waals surface area (Å²) in [5, 5.41) is 3.33. The summed E-state index contributed by atoms with van der Waals surface area (Å²) >= 11 is 0. The molecule has 2 fully saturated rings. The molecule has 1 N–H and O–H groups in total. The van der Waals surface area contributed by atoms with Gasteiger partial charge in [0.2, 0.25) is 0 Å². The van der Waals surface area contributed by atoms with Gasteiger partial charge < -0.3 is 29.3 Å². The molecule has 0 saturated carbocycles. The molecule has 2 unspecified atom stereocenters. The molecule has 2 atom stereocenters. The van der Waals surface area contributed by atoms with Crippen LogP contribution in [0.15, 0.2) is 4.99 Å². The Morgan fingerprint density at radius 1 is 1.31 bits per heavy atom. The maximum atomic E-state index is 12.0. The van der Waals surface area contributed by atoms with E-state index in [4.69, 9.17) is 14.2 Å². The fraction of sp³-hybridized carbons (Fsp3) is 0.889. The van der Waals surface area contributed by atoms with Crippen molar-refractivity contribution in [3.05, 3.63) is 0 Å². The summed E-state index contributed by atoms with van der Waals surface area (Å²) in [6.07, 6.45) is 2.13. The lowest BCUT2D eigenvalue weighted by molar-refractivity contribution is -0.0817. The van der Waals surface area contributed by atoms with Gasteiger partial charge in [0.25, 0.3) is 0 Å². The van der Waals surface area contributed by atoms with E-state index >= 15 is 0 Å². The van der Waals surface area contributed by atoms with E-state index in [1.54, 1.807) is 19.0 Å². The molecular formula is C18H34N4O4.